The first kappa shape index (κ1) is 25.2. The van der Waals surface area contributed by atoms with Crippen LogP contribution >= 0.6 is 70.4 Å². The number of methoxy groups -OCH3 is 1. The molecule has 3 aromatic carbocycles. The lowest BCUT2D eigenvalue weighted by molar-refractivity contribution is -0.113. The maximum atomic E-state index is 13.0. The van der Waals surface area contributed by atoms with Gasteiger partial charge < -0.3 is 9.47 Å². The molecule has 4 rings (SSSR count). The molecule has 0 aliphatic carbocycles. The summed E-state index contributed by atoms with van der Waals surface area (Å²) in [5.74, 6) is 0.804. The Morgan fingerprint density at radius 1 is 0.941 bits per heavy atom. The number of thioether (sulfide) groups is 1. The van der Waals surface area contributed by atoms with Gasteiger partial charge in [-0.15, -0.1) is 0 Å². The Morgan fingerprint density at radius 2 is 1.74 bits per heavy atom. The van der Waals surface area contributed by atoms with Gasteiger partial charge in [-0.3, -0.25) is 9.69 Å². The molecule has 0 radical (unpaired) electrons. The zero-order chi connectivity index (χ0) is 24.4. The van der Waals surface area contributed by atoms with Crippen molar-refractivity contribution in [3.63, 3.8) is 0 Å². The van der Waals surface area contributed by atoms with Crippen LogP contribution in [-0.2, 0) is 11.4 Å². The first-order chi connectivity index (χ1) is 16.3. The molecule has 0 N–H and O–H groups in total. The van der Waals surface area contributed by atoms with E-state index in [0.29, 0.717) is 46.5 Å². The van der Waals surface area contributed by atoms with Crippen LogP contribution < -0.4 is 14.4 Å². The van der Waals surface area contributed by atoms with Crippen LogP contribution in [0.3, 0.4) is 0 Å². The van der Waals surface area contributed by atoms with Gasteiger partial charge in [0.2, 0.25) is 0 Å². The minimum Gasteiger partial charge on any atom is -0.493 e. The molecule has 1 saturated heterocycles. The second-order valence-corrected chi connectivity index (χ2v) is 10.4. The van der Waals surface area contributed by atoms with Crippen LogP contribution in [0, 0.1) is 0 Å². The van der Waals surface area contributed by atoms with Crippen molar-refractivity contribution in [2.24, 2.45) is 0 Å². The van der Waals surface area contributed by atoms with E-state index in [9.17, 15) is 4.79 Å². The number of halogens is 4. The van der Waals surface area contributed by atoms with Crippen molar-refractivity contribution in [3.8, 4) is 11.5 Å². The first-order valence-corrected chi connectivity index (χ1v) is 12.5. The summed E-state index contributed by atoms with van der Waals surface area (Å²) in [4.78, 5) is 15.0. The molecular weight excluding hydrogens is 556 g/mol. The van der Waals surface area contributed by atoms with Gasteiger partial charge in [0.15, 0.2) is 15.8 Å². The molecule has 0 aromatic heterocycles. The lowest BCUT2D eigenvalue weighted by Crippen LogP contribution is -2.27. The number of rotatable bonds is 6. The lowest BCUT2D eigenvalue weighted by Gasteiger charge is -2.15. The summed E-state index contributed by atoms with van der Waals surface area (Å²) >= 11 is 30.9. The molecule has 10 heteroatoms. The van der Waals surface area contributed by atoms with Crippen molar-refractivity contribution in [1.82, 2.24) is 0 Å². The lowest BCUT2D eigenvalue weighted by atomic mass is 10.1. The molecule has 0 bridgehead atoms. The Balaban J connectivity index is 1.54. The Labute approximate surface area is 226 Å². The van der Waals surface area contributed by atoms with Crippen LogP contribution in [-0.4, -0.2) is 17.3 Å². The summed E-state index contributed by atoms with van der Waals surface area (Å²) in [5, 5.41) is 1.82. The summed E-state index contributed by atoms with van der Waals surface area (Å²) in [6.45, 7) is 0.244. The van der Waals surface area contributed by atoms with Gasteiger partial charge in [0.05, 0.1) is 27.7 Å². The van der Waals surface area contributed by atoms with Crippen LogP contribution in [0.5, 0.6) is 11.5 Å². The quantitative estimate of drug-likeness (QED) is 0.220. The largest absolute Gasteiger partial charge is 0.493 e. The number of amides is 1. The number of nitrogens with zero attached hydrogens (tertiary/aromatic N) is 1. The van der Waals surface area contributed by atoms with Crippen molar-refractivity contribution in [2.45, 2.75) is 6.61 Å². The molecule has 1 fully saturated rings. The Bertz CT molecular complexity index is 1330. The van der Waals surface area contributed by atoms with E-state index in [0.717, 1.165) is 11.1 Å². The van der Waals surface area contributed by atoms with E-state index < -0.39 is 0 Å². The molecule has 4 nitrogen and oxygen atoms in total. The summed E-state index contributed by atoms with van der Waals surface area (Å²) < 4.78 is 11.8. The molecule has 1 heterocycles. The normalized spacial score (nSPS) is 14.7. The van der Waals surface area contributed by atoms with Gasteiger partial charge in [-0.05, 0) is 54.1 Å². The van der Waals surface area contributed by atoms with E-state index in [4.69, 9.17) is 68.1 Å². The molecule has 1 amide bonds. The fraction of sp³-hybridized carbons (Fsp3) is 0.0833. The molecule has 174 valence electrons. The van der Waals surface area contributed by atoms with Crippen LogP contribution in [0.1, 0.15) is 11.1 Å². The van der Waals surface area contributed by atoms with Gasteiger partial charge in [-0.2, -0.15) is 0 Å². The molecule has 3 aromatic rings. The van der Waals surface area contributed by atoms with E-state index in [1.165, 1.54) is 16.7 Å². The Morgan fingerprint density at radius 3 is 2.44 bits per heavy atom. The molecule has 0 spiro atoms. The number of carbonyl (C=O) groups is 1. The number of carbonyl (C=O) groups excluding carboxylic acids is 1. The van der Waals surface area contributed by atoms with Crippen LogP contribution in [0.2, 0.25) is 20.1 Å². The maximum Gasteiger partial charge on any atom is 0.270 e. The number of benzene rings is 3. The molecule has 0 unspecified atom stereocenters. The van der Waals surface area contributed by atoms with E-state index in [1.54, 1.807) is 61.7 Å². The van der Waals surface area contributed by atoms with Gasteiger partial charge in [-0.1, -0.05) is 82.5 Å². The van der Waals surface area contributed by atoms with Gasteiger partial charge in [0, 0.05) is 15.6 Å². The van der Waals surface area contributed by atoms with E-state index in [2.05, 4.69) is 0 Å². The summed E-state index contributed by atoms with van der Waals surface area (Å²) in [6, 6.07) is 15.5. The highest BCUT2D eigenvalue weighted by Gasteiger charge is 2.33. The monoisotopic (exact) mass is 569 g/mol. The fourth-order valence-corrected chi connectivity index (χ4v) is 5.21. The zero-order valence-electron chi connectivity index (χ0n) is 17.5. The third-order valence-electron chi connectivity index (χ3n) is 4.84. The summed E-state index contributed by atoms with van der Waals surface area (Å²) in [7, 11) is 1.55. The highest BCUT2D eigenvalue weighted by molar-refractivity contribution is 8.27. The Hall–Kier alpha value is -1.93. The minimum absolute atomic E-state index is 0.244. The highest BCUT2D eigenvalue weighted by atomic mass is 35.5. The third kappa shape index (κ3) is 5.48. The topological polar surface area (TPSA) is 38.8 Å². The average molecular weight is 571 g/mol. The standard InChI is InChI=1S/C24H15Cl4NO3S2/c1-31-21-8-13(2-7-20(21)32-12-14-3-4-15(25)10-18(14)27)9-22-23(30)29(24(33)34-22)16-5-6-17(26)19(28)11-16/h2-11H,12H2,1H3/b22-9-. The van der Waals surface area contributed by atoms with E-state index in [-0.39, 0.29) is 12.5 Å². The van der Waals surface area contributed by atoms with Gasteiger partial charge in [0.25, 0.3) is 5.91 Å². The van der Waals surface area contributed by atoms with Crippen LogP contribution in [0.4, 0.5) is 5.69 Å². The SMILES string of the molecule is COc1cc(/C=C2\SC(=S)N(c3ccc(Cl)c(Cl)c3)C2=O)ccc1OCc1ccc(Cl)cc1Cl. The van der Waals surface area contributed by atoms with E-state index >= 15 is 0 Å². The summed E-state index contributed by atoms with van der Waals surface area (Å²) in [5.41, 5.74) is 2.11. The maximum absolute atomic E-state index is 13.0. The third-order valence-corrected chi connectivity index (χ3v) is 7.47. The average Bonchev–Trinajstić information content (AvgIpc) is 3.08. The molecule has 0 atom stereocenters. The Kier molecular flexibility index (Phi) is 7.97. The fourth-order valence-electron chi connectivity index (χ4n) is 3.15. The van der Waals surface area contributed by atoms with Crippen molar-refractivity contribution < 1.29 is 14.3 Å². The number of ether oxygens (including phenoxy) is 2. The molecule has 0 saturated carbocycles. The molecular formula is C24H15Cl4NO3S2. The van der Waals surface area contributed by atoms with Crippen molar-refractivity contribution in [2.75, 3.05) is 12.0 Å². The number of thiocarbonyl (C=S) groups is 1. The van der Waals surface area contributed by atoms with Gasteiger partial charge in [-0.25, -0.2) is 0 Å². The van der Waals surface area contributed by atoms with Gasteiger partial charge in [0.1, 0.15) is 6.61 Å². The number of hydrogen-bond acceptors (Lipinski definition) is 5. The predicted molar refractivity (Wildman–Crippen MR) is 146 cm³/mol. The minimum atomic E-state index is -0.245. The number of hydrogen-bond donors (Lipinski definition) is 0. The predicted octanol–water partition coefficient (Wildman–Crippen LogP) is 8.29. The van der Waals surface area contributed by atoms with E-state index in [1.807, 2.05) is 6.07 Å². The molecule has 1 aliphatic rings. The second-order valence-electron chi connectivity index (χ2n) is 7.05. The number of anilines is 1. The van der Waals surface area contributed by atoms with Crippen molar-refractivity contribution in [1.29, 1.82) is 0 Å². The van der Waals surface area contributed by atoms with Gasteiger partial charge >= 0.3 is 0 Å². The second kappa shape index (κ2) is 10.8. The van der Waals surface area contributed by atoms with Crippen LogP contribution in [0.15, 0.2) is 59.5 Å². The van der Waals surface area contributed by atoms with Crippen molar-refractivity contribution >= 4 is 92.4 Å². The smallest absolute Gasteiger partial charge is 0.270 e. The zero-order valence-corrected chi connectivity index (χ0v) is 22.1. The highest BCUT2D eigenvalue weighted by Crippen LogP contribution is 2.39. The summed E-state index contributed by atoms with van der Waals surface area (Å²) in [6.07, 6.45) is 1.75. The molecule has 34 heavy (non-hydrogen) atoms. The van der Waals surface area contributed by atoms with Crippen LogP contribution in [0.25, 0.3) is 6.08 Å². The first-order valence-electron chi connectivity index (χ1n) is 9.74. The van der Waals surface area contributed by atoms with Crippen molar-refractivity contribution in [3.05, 3.63) is 90.7 Å². The molecule has 1 aliphatic heterocycles.